The van der Waals surface area contributed by atoms with E-state index in [4.69, 9.17) is 0 Å². The van der Waals surface area contributed by atoms with Gasteiger partial charge in [0, 0.05) is 19.5 Å². The molecule has 0 unspecified atom stereocenters. The largest absolute Gasteiger partial charge is 0.334 e. The van der Waals surface area contributed by atoms with Crippen LogP contribution in [0.4, 0.5) is 5.82 Å². The number of thioether (sulfide) groups is 1. The maximum absolute atomic E-state index is 12.6. The number of hydrogen-bond donors (Lipinski definition) is 0. The number of aromatic amines is 1. The Hall–Kier alpha value is -2.87. The normalized spacial score (nSPS) is 14.2. The summed E-state index contributed by atoms with van der Waals surface area (Å²) >= 11 is 1.46. The number of piperazine rings is 1. The first-order valence-corrected chi connectivity index (χ1v) is 10.7. The molecule has 1 amide bonds. The summed E-state index contributed by atoms with van der Waals surface area (Å²) in [6.07, 6.45) is 2.66. The molecule has 2 aromatic heterocycles. The predicted molar refractivity (Wildman–Crippen MR) is 113 cm³/mol. The number of anilines is 1. The fourth-order valence-corrected chi connectivity index (χ4v) is 4.23. The van der Waals surface area contributed by atoms with E-state index in [9.17, 15) is 4.79 Å². The van der Waals surface area contributed by atoms with Crippen LogP contribution in [0.5, 0.6) is 0 Å². The van der Waals surface area contributed by atoms with Crippen molar-refractivity contribution in [3.05, 3.63) is 66.1 Å². The number of benzene rings is 1. The lowest BCUT2D eigenvalue weighted by atomic mass is 10.1. The summed E-state index contributed by atoms with van der Waals surface area (Å²) in [5, 5.41) is 9.36. The van der Waals surface area contributed by atoms with Gasteiger partial charge >= 0.3 is 0 Å². The molecule has 1 saturated heterocycles. The molecule has 7 nitrogen and oxygen atoms in total. The molecule has 3 aromatic rings. The second-order valence-corrected chi connectivity index (χ2v) is 7.97. The lowest BCUT2D eigenvalue weighted by molar-refractivity contribution is -0.364. The Bertz CT molecular complexity index is 938. The first-order chi connectivity index (χ1) is 14.2. The molecule has 0 spiro atoms. The summed E-state index contributed by atoms with van der Waals surface area (Å²) in [4.78, 5) is 20.1. The molecule has 1 N–H and O–H groups in total. The van der Waals surface area contributed by atoms with Gasteiger partial charge in [0.05, 0.1) is 25.0 Å². The zero-order valence-electron chi connectivity index (χ0n) is 16.5. The lowest BCUT2D eigenvalue weighted by Crippen LogP contribution is -2.50. The van der Waals surface area contributed by atoms with Crippen molar-refractivity contribution in [3.8, 4) is 0 Å². The third kappa shape index (κ3) is 4.76. The number of nitrogens with one attached hydrogen (secondary N) is 1. The number of amides is 1. The molecule has 0 bridgehead atoms. The summed E-state index contributed by atoms with van der Waals surface area (Å²) in [5.41, 5.74) is 1.20. The first kappa shape index (κ1) is 19.4. The molecule has 29 heavy (non-hydrogen) atoms. The highest BCUT2D eigenvalue weighted by molar-refractivity contribution is 7.99. The monoisotopic (exact) mass is 409 g/mol. The Morgan fingerprint density at radius 2 is 1.79 bits per heavy atom. The van der Waals surface area contributed by atoms with E-state index in [1.54, 1.807) is 0 Å². The van der Waals surface area contributed by atoms with Crippen molar-refractivity contribution >= 4 is 23.5 Å². The maximum Gasteiger partial charge on any atom is 0.274 e. The van der Waals surface area contributed by atoms with E-state index in [1.165, 1.54) is 17.3 Å². The highest BCUT2D eigenvalue weighted by Crippen LogP contribution is 2.19. The number of aromatic nitrogens is 4. The highest BCUT2D eigenvalue weighted by Gasteiger charge is 2.26. The third-order valence-electron chi connectivity index (χ3n) is 5.12. The van der Waals surface area contributed by atoms with Gasteiger partial charge in [-0.3, -0.25) is 9.69 Å². The minimum absolute atomic E-state index is 0.152. The summed E-state index contributed by atoms with van der Waals surface area (Å²) in [6.45, 7) is 3.14. The van der Waals surface area contributed by atoms with Gasteiger partial charge in [0.15, 0.2) is 5.16 Å². The van der Waals surface area contributed by atoms with Gasteiger partial charge in [0.2, 0.25) is 5.91 Å². The Kier molecular flexibility index (Phi) is 6.09. The molecular weight excluding hydrogens is 384 g/mol. The Labute approximate surface area is 174 Å². The second kappa shape index (κ2) is 9.09. The van der Waals surface area contributed by atoms with Crippen LogP contribution >= 0.6 is 11.8 Å². The summed E-state index contributed by atoms with van der Waals surface area (Å²) in [6, 6.07) is 16.3. The second-order valence-electron chi connectivity index (χ2n) is 7.02. The molecule has 0 radical (unpaired) electrons. The maximum atomic E-state index is 12.6. The van der Waals surface area contributed by atoms with Gasteiger partial charge in [-0.2, -0.15) is 0 Å². The van der Waals surface area contributed by atoms with Crippen LogP contribution in [0.15, 0.2) is 59.9 Å². The fraction of sp³-hybridized carbons (Fsp3) is 0.333. The van der Waals surface area contributed by atoms with Crippen molar-refractivity contribution in [2.75, 3.05) is 36.8 Å². The minimum atomic E-state index is 0.152. The molecule has 4 rings (SSSR count). The van der Waals surface area contributed by atoms with Crippen LogP contribution in [0.25, 0.3) is 0 Å². The smallest absolute Gasteiger partial charge is 0.274 e. The van der Waals surface area contributed by atoms with Crippen LogP contribution in [0, 0.1) is 0 Å². The number of rotatable bonds is 6. The number of hydrogen-bond acceptors (Lipinski definition) is 5. The number of H-pyrrole nitrogens is 1. The van der Waals surface area contributed by atoms with Gasteiger partial charge in [-0.05, 0) is 11.6 Å². The molecule has 0 saturated carbocycles. The number of nitrogens with zero attached hydrogens (tertiary/aromatic N) is 5. The van der Waals surface area contributed by atoms with Gasteiger partial charge in [-0.25, -0.2) is 4.98 Å². The van der Waals surface area contributed by atoms with E-state index in [0.717, 1.165) is 49.4 Å². The minimum Gasteiger partial charge on any atom is -0.334 e. The van der Waals surface area contributed by atoms with E-state index in [2.05, 4.69) is 38.3 Å². The molecule has 0 atom stereocenters. The first-order valence-electron chi connectivity index (χ1n) is 9.75. The average molecular weight is 410 g/mol. The summed E-state index contributed by atoms with van der Waals surface area (Å²) < 4.78 is 1.98. The lowest BCUT2D eigenvalue weighted by Gasteiger charge is -2.30. The van der Waals surface area contributed by atoms with Crippen molar-refractivity contribution in [2.24, 2.45) is 7.05 Å². The van der Waals surface area contributed by atoms with Crippen molar-refractivity contribution in [2.45, 2.75) is 11.6 Å². The molecule has 8 heteroatoms. The molecule has 3 heterocycles. The molecular formula is C21H25N6OS+. The van der Waals surface area contributed by atoms with Crippen LogP contribution < -0.4 is 9.88 Å². The van der Waals surface area contributed by atoms with Crippen LogP contribution in [-0.2, 0) is 18.3 Å². The van der Waals surface area contributed by atoms with Crippen molar-refractivity contribution in [3.63, 3.8) is 0 Å². The topological polar surface area (TPSA) is 68.4 Å². The van der Waals surface area contributed by atoms with Crippen LogP contribution in [0.2, 0.25) is 0 Å². The molecule has 0 aliphatic carbocycles. The zero-order valence-corrected chi connectivity index (χ0v) is 17.3. The van der Waals surface area contributed by atoms with Crippen LogP contribution in [0.3, 0.4) is 0 Å². The summed E-state index contributed by atoms with van der Waals surface area (Å²) in [5.74, 6) is 2.53. The Morgan fingerprint density at radius 3 is 2.52 bits per heavy atom. The van der Waals surface area contributed by atoms with Crippen molar-refractivity contribution in [1.82, 2.24) is 19.7 Å². The molecule has 1 aliphatic heterocycles. The highest BCUT2D eigenvalue weighted by atomic mass is 32.2. The van der Waals surface area contributed by atoms with Gasteiger partial charge in [-0.1, -0.05) is 48.2 Å². The Balaban J connectivity index is 1.28. The number of carbonyl (C=O) groups is 1. The number of carbonyl (C=O) groups excluding carboxylic acids is 1. The van der Waals surface area contributed by atoms with Gasteiger partial charge in [0.25, 0.3) is 5.82 Å². The average Bonchev–Trinajstić information content (AvgIpc) is 3.12. The molecule has 1 aromatic carbocycles. The SMILES string of the molecule is Cn1c(Cc2ccccc2)nnc1SCC(=O)N1CCN(c2cccc[nH+]2)CC1. The van der Waals surface area contributed by atoms with E-state index < -0.39 is 0 Å². The quantitative estimate of drug-likeness (QED) is 0.579. The van der Waals surface area contributed by atoms with Gasteiger partial charge in [-0.15, -0.1) is 10.2 Å². The van der Waals surface area contributed by atoms with Crippen molar-refractivity contribution in [1.29, 1.82) is 0 Å². The van der Waals surface area contributed by atoms with Crippen LogP contribution in [-0.4, -0.2) is 57.5 Å². The molecule has 1 fully saturated rings. The third-order valence-corrected chi connectivity index (χ3v) is 6.13. The zero-order chi connectivity index (χ0) is 20.1. The van der Waals surface area contributed by atoms with Gasteiger partial charge in [0.1, 0.15) is 18.9 Å². The molecule has 150 valence electrons. The summed E-state index contributed by atoms with van der Waals surface area (Å²) in [7, 11) is 1.96. The van der Waals surface area contributed by atoms with E-state index in [-0.39, 0.29) is 5.91 Å². The van der Waals surface area contributed by atoms with E-state index in [1.807, 2.05) is 53.0 Å². The Morgan fingerprint density at radius 1 is 1.03 bits per heavy atom. The van der Waals surface area contributed by atoms with E-state index >= 15 is 0 Å². The van der Waals surface area contributed by atoms with E-state index in [0.29, 0.717) is 5.75 Å². The van der Waals surface area contributed by atoms with Gasteiger partial charge < -0.3 is 9.47 Å². The van der Waals surface area contributed by atoms with Crippen LogP contribution in [0.1, 0.15) is 11.4 Å². The fourth-order valence-electron chi connectivity index (χ4n) is 3.40. The predicted octanol–water partition coefficient (Wildman–Crippen LogP) is 1.66. The molecule has 1 aliphatic rings. The number of pyridine rings is 1. The van der Waals surface area contributed by atoms with Crippen molar-refractivity contribution < 1.29 is 9.78 Å². The standard InChI is InChI=1S/C21H24N6OS/c1-25-19(15-17-7-3-2-4-8-17)23-24-21(25)29-16-20(28)27-13-11-26(12-14-27)18-9-5-6-10-22-18/h2-10H,11-16H2,1H3/p+1.